The molecule has 1 aliphatic carbocycles. The molecule has 162 valence electrons. The van der Waals surface area contributed by atoms with Crippen LogP contribution in [0.2, 0.25) is 0 Å². The van der Waals surface area contributed by atoms with E-state index in [-0.39, 0.29) is 18.3 Å². The first-order valence-corrected chi connectivity index (χ1v) is 9.90. The van der Waals surface area contributed by atoms with Gasteiger partial charge >= 0.3 is 0 Å². The van der Waals surface area contributed by atoms with Gasteiger partial charge in [-0.1, -0.05) is 0 Å². The Morgan fingerprint density at radius 2 is 1.80 bits per heavy atom. The molecule has 1 amide bonds. The number of nitrogens with zero attached hydrogens (tertiary/aromatic N) is 4. The number of halogens is 1. The summed E-state index contributed by atoms with van der Waals surface area (Å²) in [6, 6.07) is 3.59. The van der Waals surface area contributed by atoms with Crippen LogP contribution >= 0.6 is 12.4 Å². The molecule has 2 N–H and O–H groups in total. The standard InChI is InChI=1S/C20H25N5O4.ClH/c1-27-15-7-13-14(8-16(15)28-2)22-19(23-17(13)21)25-5-3-24(4-6-25)18(26)20-9-12(10-20)11-29-20;/h7-8,12H,3-6,9-11H2,1-2H3,(H2,21,22,23);1H. The number of hydrogen-bond acceptors (Lipinski definition) is 8. The van der Waals surface area contributed by atoms with E-state index in [0.29, 0.717) is 60.9 Å². The number of piperazine rings is 1. The predicted octanol–water partition coefficient (Wildman–Crippen LogP) is 1.48. The van der Waals surface area contributed by atoms with E-state index in [4.69, 9.17) is 19.9 Å². The third kappa shape index (κ3) is 3.16. The van der Waals surface area contributed by atoms with Crippen LogP contribution in [0, 0.1) is 5.92 Å². The van der Waals surface area contributed by atoms with Crippen LogP contribution in [-0.4, -0.2) is 73.4 Å². The van der Waals surface area contributed by atoms with Crippen molar-refractivity contribution in [1.29, 1.82) is 0 Å². The highest BCUT2D eigenvalue weighted by molar-refractivity contribution is 5.92. The Balaban J connectivity index is 0.00000218. The third-order valence-electron chi connectivity index (χ3n) is 6.29. The van der Waals surface area contributed by atoms with Gasteiger partial charge in [0.15, 0.2) is 11.5 Å². The second kappa shape index (κ2) is 7.63. The molecule has 4 aliphatic rings. The lowest BCUT2D eigenvalue weighted by atomic mass is 9.73. The van der Waals surface area contributed by atoms with Crippen molar-refractivity contribution < 1.29 is 19.0 Å². The van der Waals surface area contributed by atoms with Crippen LogP contribution in [0.4, 0.5) is 11.8 Å². The monoisotopic (exact) mass is 435 g/mol. The van der Waals surface area contributed by atoms with Crippen molar-refractivity contribution in [3.8, 4) is 11.5 Å². The summed E-state index contributed by atoms with van der Waals surface area (Å²) in [5.74, 6) is 2.85. The third-order valence-corrected chi connectivity index (χ3v) is 6.29. The minimum Gasteiger partial charge on any atom is -0.493 e. The van der Waals surface area contributed by atoms with E-state index in [1.165, 1.54) is 0 Å². The highest BCUT2D eigenvalue weighted by Crippen LogP contribution is 2.49. The van der Waals surface area contributed by atoms with Crippen molar-refractivity contribution in [1.82, 2.24) is 14.9 Å². The molecule has 0 spiro atoms. The molecule has 4 fully saturated rings. The Morgan fingerprint density at radius 1 is 1.13 bits per heavy atom. The van der Waals surface area contributed by atoms with Gasteiger partial charge in [0, 0.05) is 37.6 Å². The normalized spacial score (nSPS) is 24.9. The van der Waals surface area contributed by atoms with Crippen molar-refractivity contribution in [2.24, 2.45) is 5.92 Å². The molecule has 4 heterocycles. The molecule has 0 unspecified atom stereocenters. The van der Waals surface area contributed by atoms with Gasteiger partial charge in [-0.15, -0.1) is 12.4 Å². The summed E-state index contributed by atoms with van der Waals surface area (Å²) >= 11 is 0. The number of nitrogen functional groups attached to an aromatic ring is 1. The number of anilines is 2. The molecule has 1 saturated carbocycles. The molecule has 2 bridgehead atoms. The van der Waals surface area contributed by atoms with Crippen LogP contribution in [0.5, 0.6) is 11.5 Å². The molecular formula is C20H26ClN5O4. The fraction of sp³-hybridized carbons (Fsp3) is 0.550. The first-order chi connectivity index (χ1) is 14.0. The summed E-state index contributed by atoms with van der Waals surface area (Å²) in [5, 5.41) is 0.720. The topological polar surface area (TPSA) is 103 Å². The number of methoxy groups -OCH3 is 2. The molecular weight excluding hydrogens is 410 g/mol. The lowest BCUT2D eigenvalue weighted by Crippen LogP contribution is -2.58. The summed E-state index contributed by atoms with van der Waals surface area (Å²) < 4.78 is 16.5. The summed E-state index contributed by atoms with van der Waals surface area (Å²) in [6.07, 6.45) is 1.75. The molecule has 3 saturated heterocycles. The second-order valence-corrected chi connectivity index (χ2v) is 7.99. The minimum atomic E-state index is -0.535. The fourth-order valence-electron chi connectivity index (χ4n) is 4.63. The van der Waals surface area contributed by atoms with Gasteiger partial charge in [-0.05, 0) is 24.8 Å². The number of rotatable bonds is 4. The SMILES string of the molecule is COc1cc2nc(N3CCN(C(=O)C45CC(CO4)C5)CC3)nc(N)c2cc1OC.Cl. The highest BCUT2D eigenvalue weighted by Gasteiger charge is 2.58. The first kappa shape index (κ1) is 20.7. The largest absolute Gasteiger partial charge is 0.493 e. The van der Waals surface area contributed by atoms with Crippen molar-refractivity contribution in [3.63, 3.8) is 0 Å². The van der Waals surface area contributed by atoms with Crippen molar-refractivity contribution in [3.05, 3.63) is 12.1 Å². The minimum absolute atomic E-state index is 0. The summed E-state index contributed by atoms with van der Waals surface area (Å²) in [7, 11) is 3.17. The fourth-order valence-corrected chi connectivity index (χ4v) is 4.63. The molecule has 2 aromatic rings. The smallest absolute Gasteiger partial charge is 0.254 e. The molecule has 0 atom stereocenters. The molecule has 9 nitrogen and oxygen atoms in total. The zero-order valence-electron chi connectivity index (χ0n) is 17.1. The Morgan fingerprint density at radius 3 is 2.40 bits per heavy atom. The number of amides is 1. The Hall–Kier alpha value is -2.52. The van der Waals surface area contributed by atoms with Crippen LogP contribution in [0.1, 0.15) is 12.8 Å². The summed E-state index contributed by atoms with van der Waals surface area (Å²) in [5.41, 5.74) is 6.37. The quantitative estimate of drug-likeness (QED) is 0.770. The molecule has 6 rings (SSSR count). The van der Waals surface area contributed by atoms with E-state index < -0.39 is 5.60 Å². The van der Waals surface area contributed by atoms with Crippen LogP contribution in [0.3, 0.4) is 0 Å². The van der Waals surface area contributed by atoms with Gasteiger partial charge in [-0.2, -0.15) is 4.98 Å². The zero-order valence-corrected chi connectivity index (χ0v) is 17.9. The van der Waals surface area contributed by atoms with E-state index >= 15 is 0 Å². The molecule has 10 heteroatoms. The number of aromatic nitrogens is 2. The van der Waals surface area contributed by atoms with E-state index in [0.717, 1.165) is 24.8 Å². The van der Waals surface area contributed by atoms with Gasteiger partial charge in [-0.3, -0.25) is 4.79 Å². The van der Waals surface area contributed by atoms with Crippen molar-refractivity contribution in [2.45, 2.75) is 18.4 Å². The Labute approximate surface area is 180 Å². The average Bonchev–Trinajstić information content (AvgIpc) is 3.34. The average molecular weight is 436 g/mol. The van der Waals surface area contributed by atoms with Crippen LogP contribution in [-0.2, 0) is 9.53 Å². The number of carbonyl (C=O) groups is 1. The van der Waals surface area contributed by atoms with E-state index in [2.05, 4.69) is 14.9 Å². The van der Waals surface area contributed by atoms with Crippen molar-refractivity contribution in [2.75, 3.05) is 57.6 Å². The van der Waals surface area contributed by atoms with Gasteiger partial charge in [0.25, 0.3) is 5.91 Å². The lowest BCUT2D eigenvalue weighted by Gasteiger charge is -2.42. The summed E-state index contributed by atoms with van der Waals surface area (Å²) in [4.78, 5) is 26.0. The van der Waals surface area contributed by atoms with Crippen LogP contribution in [0.25, 0.3) is 10.9 Å². The molecule has 1 aromatic heterocycles. The number of fused-ring (bicyclic) bond motifs is 2. The number of benzene rings is 1. The van der Waals surface area contributed by atoms with Crippen LogP contribution < -0.4 is 20.1 Å². The number of carbonyl (C=O) groups excluding carboxylic acids is 1. The molecule has 3 aliphatic heterocycles. The van der Waals surface area contributed by atoms with Gasteiger partial charge in [0.1, 0.15) is 11.4 Å². The van der Waals surface area contributed by atoms with E-state index in [9.17, 15) is 4.79 Å². The molecule has 1 aromatic carbocycles. The Bertz CT molecular complexity index is 968. The van der Waals surface area contributed by atoms with Crippen molar-refractivity contribution >= 4 is 41.0 Å². The zero-order chi connectivity index (χ0) is 20.2. The molecule has 0 radical (unpaired) electrons. The lowest BCUT2D eigenvalue weighted by molar-refractivity contribution is -0.155. The first-order valence-electron chi connectivity index (χ1n) is 9.90. The number of ether oxygens (including phenoxy) is 3. The second-order valence-electron chi connectivity index (χ2n) is 7.99. The van der Waals surface area contributed by atoms with E-state index in [1.54, 1.807) is 26.4 Å². The number of hydrogen-bond donors (Lipinski definition) is 1. The molecule has 30 heavy (non-hydrogen) atoms. The van der Waals surface area contributed by atoms with E-state index in [1.807, 2.05) is 4.90 Å². The van der Waals surface area contributed by atoms with Gasteiger partial charge in [-0.25, -0.2) is 4.98 Å². The number of nitrogens with two attached hydrogens (primary N) is 1. The van der Waals surface area contributed by atoms with Gasteiger partial charge < -0.3 is 29.7 Å². The maximum atomic E-state index is 12.9. The predicted molar refractivity (Wildman–Crippen MR) is 115 cm³/mol. The van der Waals surface area contributed by atoms with Crippen LogP contribution in [0.15, 0.2) is 12.1 Å². The summed E-state index contributed by atoms with van der Waals surface area (Å²) in [6.45, 7) is 3.29. The maximum absolute atomic E-state index is 12.9. The van der Waals surface area contributed by atoms with Gasteiger partial charge in [0.05, 0.1) is 26.3 Å². The van der Waals surface area contributed by atoms with Gasteiger partial charge in [0.2, 0.25) is 5.95 Å². The maximum Gasteiger partial charge on any atom is 0.254 e. The highest BCUT2D eigenvalue weighted by atomic mass is 35.5. The Kier molecular flexibility index (Phi) is 5.27.